The topological polar surface area (TPSA) is 50.9 Å². The van der Waals surface area contributed by atoms with E-state index >= 15 is 0 Å². The van der Waals surface area contributed by atoms with Crippen molar-refractivity contribution in [2.45, 2.75) is 6.54 Å². The number of hydrogen-bond acceptors (Lipinski definition) is 3. The van der Waals surface area contributed by atoms with Gasteiger partial charge in [0.1, 0.15) is 10.8 Å². The average Bonchev–Trinajstić information content (AvgIpc) is 2.38. The lowest BCUT2D eigenvalue weighted by atomic mass is 10.1. The van der Waals surface area contributed by atoms with Crippen LogP contribution in [0.3, 0.4) is 0 Å². The monoisotopic (exact) mass is 261 g/mol. The predicted octanol–water partition coefficient (Wildman–Crippen LogP) is 2.47. The Morgan fingerprint density at radius 2 is 2.22 bits per heavy atom. The van der Waals surface area contributed by atoms with E-state index in [4.69, 9.17) is 18.0 Å². The maximum absolute atomic E-state index is 13.1. The first-order valence-corrected chi connectivity index (χ1v) is 5.80. The third kappa shape index (κ3) is 3.01. The first-order valence-electron chi connectivity index (χ1n) is 5.39. The molecule has 0 spiro atoms. The minimum absolute atomic E-state index is 0.170. The van der Waals surface area contributed by atoms with E-state index in [2.05, 4.69) is 10.3 Å². The van der Waals surface area contributed by atoms with Crippen LogP contribution in [0, 0.1) is 5.82 Å². The van der Waals surface area contributed by atoms with Gasteiger partial charge in [-0.25, -0.2) is 4.39 Å². The molecule has 0 saturated heterocycles. The molecule has 0 fully saturated rings. The standard InChI is InChI=1S/C13H12FN3S/c14-10-3-4-12(11(6-10)13(15)18)17-8-9-2-1-5-16-7-9/h1-7,17H,8H2,(H2,15,18). The highest BCUT2D eigenvalue weighted by Crippen LogP contribution is 2.17. The van der Waals surface area contributed by atoms with E-state index in [-0.39, 0.29) is 10.8 Å². The number of anilines is 1. The van der Waals surface area contributed by atoms with Gasteiger partial charge in [0.2, 0.25) is 0 Å². The van der Waals surface area contributed by atoms with Gasteiger partial charge in [-0.15, -0.1) is 0 Å². The van der Waals surface area contributed by atoms with Crippen LogP contribution in [0.4, 0.5) is 10.1 Å². The van der Waals surface area contributed by atoms with Crippen LogP contribution in [0.5, 0.6) is 0 Å². The number of hydrogen-bond donors (Lipinski definition) is 2. The molecule has 0 aliphatic heterocycles. The normalized spacial score (nSPS) is 10.1. The zero-order valence-electron chi connectivity index (χ0n) is 9.56. The van der Waals surface area contributed by atoms with Crippen LogP contribution in [0.25, 0.3) is 0 Å². The average molecular weight is 261 g/mol. The lowest BCUT2D eigenvalue weighted by Crippen LogP contribution is -2.13. The number of benzene rings is 1. The largest absolute Gasteiger partial charge is 0.389 e. The maximum atomic E-state index is 13.1. The van der Waals surface area contributed by atoms with E-state index < -0.39 is 0 Å². The highest BCUT2D eigenvalue weighted by molar-refractivity contribution is 7.80. The van der Waals surface area contributed by atoms with Crippen molar-refractivity contribution in [3.8, 4) is 0 Å². The minimum atomic E-state index is -0.357. The van der Waals surface area contributed by atoms with Crippen molar-refractivity contribution < 1.29 is 4.39 Å². The maximum Gasteiger partial charge on any atom is 0.124 e. The van der Waals surface area contributed by atoms with Crippen molar-refractivity contribution in [2.75, 3.05) is 5.32 Å². The summed E-state index contributed by atoms with van der Waals surface area (Å²) >= 11 is 4.90. The van der Waals surface area contributed by atoms with Crippen molar-refractivity contribution in [1.82, 2.24) is 4.98 Å². The molecule has 1 aromatic carbocycles. The molecule has 0 saturated carbocycles. The van der Waals surface area contributed by atoms with Gasteiger partial charge in [0.15, 0.2) is 0 Å². The molecule has 0 aliphatic rings. The number of rotatable bonds is 4. The summed E-state index contributed by atoms with van der Waals surface area (Å²) in [6.07, 6.45) is 3.47. The first kappa shape index (κ1) is 12.4. The number of nitrogens with one attached hydrogen (secondary N) is 1. The second kappa shape index (κ2) is 5.55. The van der Waals surface area contributed by atoms with Crippen molar-refractivity contribution in [3.05, 3.63) is 59.7 Å². The van der Waals surface area contributed by atoms with Crippen LogP contribution in [0.2, 0.25) is 0 Å². The van der Waals surface area contributed by atoms with Gasteiger partial charge in [-0.3, -0.25) is 4.98 Å². The minimum Gasteiger partial charge on any atom is -0.389 e. The van der Waals surface area contributed by atoms with Crippen LogP contribution in [0.1, 0.15) is 11.1 Å². The molecular formula is C13H12FN3S. The SMILES string of the molecule is NC(=S)c1cc(F)ccc1NCc1cccnc1. The van der Waals surface area contributed by atoms with Crippen LogP contribution in [0.15, 0.2) is 42.7 Å². The fraction of sp³-hybridized carbons (Fsp3) is 0.0769. The second-order valence-corrected chi connectivity index (χ2v) is 4.21. The number of aromatic nitrogens is 1. The summed E-state index contributed by atoms with van der Waals surface area (Å²) in [4.78, 5) is 4.19. The Morgan fingerprint density at radius 3 is 2.89 bits per heavy atom. The fourth-order valence-corrected chi connectivity index (χ4v) is 1.74. The molecule has 1 heterocycles. The zero-order valence-corrected chi connectivity index (χ0v) is 10.4. The molecule has 5 heteroatoms. The molecule has 92 valence electrons. The lowest BCUT2D eigenvalue weighted by Gasteiger charge is -2.11. The van der Waals surface area contributed by atoms with Gasteiger partial charge in [-0.1, -0.05) is 18.3 Å². The van der Waals surface area contributed by atoms with Crippen molar-refractivity contribution in [2.24, 2.45) is 5.73 Å². The smallest absolute Gasteiger partial charge is 0.124 e. The Morgan fingerprint density at radius 1 is 1.39 bits per heavy atom. The Balaban J connectivity index is 2.17. The highest BCUT2D eigenvalue weighted by Gasteiger charge is 2.06. The predicted molar refractivity (Wildman–Crippen MR) is 73.9 cm³/mol. The first-order chi connectivity index (χ1) is 8.66. The molecule has 3 N–H and O–H groups in total. The second-order valence-electron chi connectivity index (χ2n) is 3.77. The molecule has 18 heavy (non-hydrogen) atoms. The molecule has 0 amide bonds. The highest BCUT2D eigenvalue weighted by atomic mass is 32.1. The molecule has 0 bridgehead atoms. The van der Waals surface area contributed by atoms with Crippen LogP contribution >= 0.6 is 12.2 Å². The Kier molecular flexibility index (Phi) is 3.84. The van der Waals surface area contributed by atoms with Gasteiger partial charge in [0.05, 0.1) is 0 Å². The third-order valence-electron chi connectivity index (χ3n) is 2.45. The van der Waals surface area contributed by atoms with Crippen LogP contribution in [-0.4, -0.2) is 9.97 Å². The van der Waals surface area contributed by atoms with Crippen molar-refractivity contribution in [1.29, 1.82) is 0 Å². The Hall–Kier alpha value is -2.01. The molecule has 2 aromatic rings. The van der Waals surface area contributed by atoms with Crippen molar-refractivity contribution in [3.63, 3.8) is 0 Å². The fourth-order valence-electron chi connectivity index (χ4n) is 1.57. The van der Waals surface area contributed by atoms with Crippen LogP contribution in [-0.2, 0) is 6.54 Å². The molecule has 2 rings (SSSR count). The Bertz CT molecular complexity index is 557. The summed E-state index contributed by atoms with van der Waals surface area (Å²) in [7, 11) is 0. The molecular weight excluding hydrogens is 249 g/mol. The lowest BCUT2D eigenvalue weighted by molar-refractivity contribution is 0.627. The quantitative estimate of drug-likeness (QED) is 0.830. The van der Waals surface area contributed by atoms with E-state index in [1.807, 2.05) is 12.1 Å². The number of nitrogens with zero attached hydrogens (tertiary/aromatic N) is 1. The van der Waals surface area contributed by atoms with Gasteiger partial charge in [0.25, 0.3) is 0 Å². The molecule has 1 aromatic heterocycles. The zero-order chi connectivity index (χ0) is 13.0. The number of halogens is 1. The van der Waals surface area contributed by atoms with Gasteiger partial charge < -0.3 is 11.1 Å². The van der Waals surface area contributed by atoms with E-state index in [9.17, 15) is 4.39 Å². The van der Waals surface area contributed by atoms with E-state index in [1.54, 1.807) is 18.5 Å². The van der Waals surface area contributed by atoms with E-state index in [0.717, 1.165) is 5.56 Å². The van der Waals surface area contributed by atoms with Gasteiger partial charge in [-0.2, -0.15) is 0 Å². The molecule has 3 nitrogen and oxygen atoms in total. The van der Waals surface area contributed by atoms with Crippen LogP contribution < -0.4 is 11.1 Å². The Labute approximate surface area is 110 Å². The summed E-state index contributed by atoms with van der Waals surface area (Å²) in [5, 5.41) is 3.16. The number of nitrogens with two attached hydrogens (primary N) is 1. The van der Waals surface area contributed by atoms with E-state index in [0.29, 0.717) is 17.8 Å². The number of pyridine rings is 1. The molecule has 0 atom stereocenters. The summed E-state index contributed by atoms with van der Waals surface area (Å²) in [6, 6.07) is 8.13. The number of thiocarbonyl (C=S) groups is 1. The molecule has 0 radical (unpaired) electrons. The van der Waals surface area contributed by atoms with Crippen molar-refractivity contribution >= 4 is 22.9 Å². The third-order valence-corrected chi connectivity index (χ3v) is 2.67. The molecule has 0 aliphatic carbocycles. The summed E-state index contributed by atoms with van der Waals surface area (Å²) in [6.45, 7) is 0.578. The van der Waals surface area contributed by atoms with Gasteiger partial charge in [-0.05, 0) is 29.8 Å². The van der Waals surface area contributed by atoms with E-state index in [1.165, 1.54) is 12.1 Å². The molecule has 0 unspecified atom stereocenters. The summed E-state index contributed by atoms with van der Waals surface area (Å²) in [5.41, 5.74) is 7.81. The van der Waals surface area contributed by atoms with Gasteiger partial charge >= 0.3 is 0 Å². The van der Waals surface area contributed by atoms with Gasteiger partial charge in [0, 0.05) is 30.2 Å². The summed E-state index contributed by atoms with van der Waals surface area (Å²) in [5.74, 6) is -0.357. The summed E-state index contributed by atoms with van der Waals surface area (Å²) < 4.78 is 13.1.